The van der Waals surface area contributed by atoms with Crippen LogP contribution in [0.4, 0.5) is 0 Å². The van der Waals surface area contributed by atoms with E-state index in [9.17, 15) is 4.79 Å². The lowest BCUT2D eigenvalue weighted by atomic mass is 10.2. The second-order valence-corrected chi connectivity index (χ2v) is 3.31. The molecular weight excluding hydrogens is 222 g/mol. The summed E-state index contributed by atoms with van der Waals surface area (Å²) >= 11 is 0. The van der Waals surface area contributed by atoms with Crippen LogP contribution in [0.15, 0.2) is 24.3 Å². The van der Waals surface area contributed by atoms with E-state index in [1.807, 2.05) is 6.07 Å². The molecule has 0 aliphatic heterocycles. The number of carbonyl (C=O) groups excluding carboxylic acids is 1. The summed E-state index contributed by atoms with van der Waals surface area (Å²) in [5, 5.41) is 2.71. The van der Waals surface area contributed by atoms with Crippen molar-refractivity contribution in [3.05, 3.63) is 29.8 Å². The zero-order chi connectivity index (χ0) is 12.7. The Kier molecular flexibility index (Phi) is 5.45. The Morgan fingerprint density at radius 2 is 1.88 bits per heavy atom. The molecule has 17 heavy (non-hydrogen) atoms. The summed E-state index contributed by atoms with van der Waals surface area (Å²) in [6.45, 7) is 0.282. The first kappa shape index (κ1) is 13.5. The largest absolute Gasteiger partial charge is 0.496 e. The molecule has 0 atom stereocenters. The first-order chi connectivity index (χ1) is 8.22. The topological polar surface area (TPSA) is 56.8 Å². The number of para-hydroxylation sites is 1. The molecule has 1 N–H and O–H groups in total. The van der Waals surface area contributed by atoms with Crippen molar-refractivity contribution in [2.24, 2.45) is 0 Å². The molecule has 1 aromatic carbocycles. The van der Waals surface area contributed by atoms with Gasteiger partial charge in [-0.1, -0.05) is 12.1 Å². The minimum Gasteiger partial charge on any atom is -0.496 e. The van der Waals surface area contributed by atoms with Crippen molar-refractivity contribution < 1.29 is 19.0 Å². The third-order valence-electron chi connectivity index (χ3n) is 2.31. The van der Waals surface area contributed by atoms with Gasteiger partial charge in [-0.05, 0) is 12.1 Å². The normalized spacial score (nSPS) is 10.4. The van der Waals surface area contributed by atoms with Crippen molar-refractivity contribution in [2.45, 2.75) is 6.29 Å². The van der Waals surface area contributed by atoms with Gasteiger partial charge in [-0.25, -0.2) is 0 Å². The van der Waals surface area contributed by atoms with Crippen LogP contribution in [0.5, 0.6) is 5.75 Å². The van der Waals surface area contributed by atoms with Crippen molar-refractivity contribution in [2.75, 3.05) is 27.9 Å². The molecule has 0 heterocycles. The average molecular weight is 239 g/mol. The predicted octanol–water partition coefficient (Wildman–Crippen LogP) is 1.04. The maximum Gasteiger partial charge on any atom is 0.255 e. The fourth-order valence-corrected chi connectivity index (χ4v) is 1.37. The van der Waals surface area contributed by atoms with Crippen LogP contribution in [-0.2, 0) is 9.47 Å². The smallest absolute Gasteiger partial charge is 0.255 e. The fourth-order valence-electron chi connectivity index (χ4n) is 1.37. The van der Waals surface area contributed by atoms with Crippen LogP contribution in [0.3, 0.4) is 0 Å². The first-order valence-corrected chi connectivity index (χ1v) is 5.19. The monoisotopic (exact) mass is 239 g/mol. The number of methoxy groups -OCH3 is 3. The highest BCUT2D eigenvalue weighted by Gasteiger charge is 2.13. The molecule has 1 aromatic rings. The molecule has 5 heteroatoms. The van der Waals surface area contributed by atoms with Crippen molar-refractivity contribution in [1.29, 1.82) is 0 Å². The van der Waals surface area contributed by atoms with E-state index in [0.717, 1.165) is 0 Å². The number of hydrogen-bond acceptors (Lipinski definition) is 4. The molecule has 1 rings (SSSR count). The number of rotatable bonds is 6. The number of nitrogens with one attached hydrogen (secondary N) is 1. The van der Waals surface area contributed by atoms with Gasteiger partial charge in [0.1, 0.15) is 5.75 Å². The minimum absolute atomic E-state index is 0.221. The van der Waals surface area contributed by atoms with Crippen LogP contribution in [0.25, 0.3) is 0 Å². The molecule has 94 valence electrons. The van der Waals surface area contributed by atoms with Gasteiger partial charge in [-0.15, -0.1) is 0 Å². The zero-order valence-corrected chi connectivity index (χ0v) is 10.2. The van der Waals surface area contributed by atoms with Crippen LogP contribution in [-0.4, -0.2) is 40.1 Å². The quantitative estimate of drug-likeness (QED) is 0.754. The molecule has 0 aromatic heterocycles. The van der Waals surface area contributed by atoms with Crippen molar-refractivity contribution in [3.8, 4) is 5.75 Å². The van der Waals surface area contributed by atoms with Crippen molar-refractivity contribution in [3.63, 3.8) is 0 Å². The third-order valence-corrected chi connectivity index (χ3v) is 2.31. The summed E-state index contributed by atoms with van der Waals surface area (Å²) in [7, 11) is 4.56. The van der Waals surface area contributed by atoms with Gasteiger partial charge in [-0.2, -0.15) is 0 Å². The Hall–Kier alpha value is -1.59. The van der Waals surface area contributed by atoms with E-state index < -0.39 is 6.29 Å². The van der Waals surface area contributed by atoms with Gasteiger partial charge >= 0.3 is 0 Å². The first-order valence-electron chi connectivity index (χ1n) is 5.19. The Bertz CT molecular complexity index is 363. The van der Waals surface area contributed by atoms with Crippen molar-refractivity contribution >= 4 is 5.91 Å². The molecule has 0 unspecified atom stereocenters. The standard InChI is InChI=1S/C12H17NO4/c1-15-10-7-5-4-6-9(10)12(14)13-8-11(16-2)17-3/h4-7,11H,8H2,1-3H3,(H,13,14). The summed E-state index contributed by atoms with van der Waals surface area (Å²) in [4.78, 5) is 11.9. The predicted molar refractivity (Wildman–Crippen MR) is 63.1 cm³/mol. The number of amides is 1. The van der Waals surface area contributed by atoms with E-state index in [0.29, 0.717) is 11.3 Å². The summed E-state index contributed by atoms with van der Waals surface area (Å²) < 4.78 is 15.1. The highest BCUT2D eigenvalue weighted by molar-refractivity contribution is 5.96. The van der Waals surface area contributed by atoms with Gasteiger partial charge in [-0.3, -0.25) is 4.79 Å². The fraction of sp³-hybridized carbons (Fsp3) is 0.417. The molecular formula is C12H17NO4. The van der Waals surface area contributed by atoms with Gasteiger partial charge in [0, 0.05) is 14.2 Å². The molecule has 5 nitrogen and oxygen atoms in total. The Morgan fingerprint density at radius 3 is 2.47 bits per heavy atom. The third kappa shape index (κ3) is 3.72. The molecule has 0 radical (unpaired) electrons. The highest BCUT2D eigenvalue weighted by atomic mass is 16.7. The number of hydrogen-bond donors (Lipinski definition) is 1. The van der Waals surface area contributed by atoms with Crippen LogP contribution in [0.2, 0.25) is 0 Å². The second kappa shape index (κ2) is 6.88. The lowest BCUT2D eigenvalue weighted by molar-refractivity contribution is -0.0974. The Morgan fingerprint density at radius 1 is 1.24 bits per heavy atom. The van der Waals surface area contributed by atoms with E-state index in [4.69, 9.17) is 14.2 Å². The summed E-state index contributed by atoms with van der Waals surface area (Å²) in [6, 6.07) is 7.02. The van der Waals surface area contributed by atoms with Gasteiger partial charge in [0.2, 0.25) is 0 Å². The lowest BCUT2D eigenvalue weighted by Crippen LogP contribution is -2.34. The molecule has 0 aliphatic carbocycles. The van der Waals surface area contributed by atoms with Crippen LogP contribution in [0, 0.1) is 0 Å². The Labute approximate surface area is 101 Å². The van der Waals surface area contributed by atoms with Crippen LogP contribution in [0.1, 0.15) is 10.4 Å². The van der Waals surface area contributed by atoms with Gasteiger partial charge < -0.3 is 19.5 Å². The van der Waals surface area contributed by atoms with Gasteiger partial charge in [0.25, 0.3) is 5.91 Å². The van der Waals surface area contributed by atoms with Crippen LogP contribution >= 0.6 is 0 Å². The van der Waals surface area contributed by atoms with E-state index >= 15 is 0 Å². The van der Waals surface area contributed by atoms with Gasteiger partial charge in [0.05, 0.1) is 19.2 Å². The lowest BCUT2D eigenvalue weighted by Gasteiger charge is -2.14. The summed E-state index contributed by atoms with van der Waals surface area (Å²) in [5.74, 6) is 0.318. The summed E-state index contributed by atoms with van der Waals surface area (Å²) in [5.41, 5.74) is 0.487. The molecule has 0 saturated heterocycles. The second-order valence-electron chi connectivity index (χ2n) is 3.31. The molecule has 0 spiro atoms. The maximum absolute atomic E-state index is 11.9. The van der Waals surface area contributed by atoms with Gasteiger partial charge in [0.15, 0.2) is 6.29 Å². The molecule has 1 amide bonds. The highest BCUT2D eigenvalue weighted by Crippen LogP contribution is 2.16. The number of carbonyl (C=O) groups is 1. The molecule has 0 bridgehead atoms. The Balaban J connectivity index is 2.63. The number of benzene rings is 1. The van der Waals surface area contributed by atoms with Crippen molar-refractivity contribution in [1.82, 2.24) is 5.32 Å². The SMILES string of the molecule is COc1ccccc1C(=O)NCC(OC)OC. The molecule has 0 fully saturated rings. The average Bonchev–Trinajstić information content (AvgIpc) is 2.39. The zero-order valence-electron chi connectivity index (χ0n) is 10.2. The van der Waals surface area contributed by atoms with E-state index in [2.05, 4.69) is 5.32 Å². The molecule has 0 aliphatic rings. The van der Waals surface area contributed by atoms with Crippen LogP contribution < -0.4 is 10.1 Å². The molecule has 0 saturated carbocycles. The van der Waals surface area contributed by atoms with E-state index in [-0.39, 0.29) is 12.5 Å². The maximum atomic E-state index is 11.9. The van der Waals surface area contributed by atoms with E-state index in [1.165, 1.54) is 21.3 Å². The van der Waals surface area contributed by atoms with E-state index in [1.54, 1.807) is 18.2 Å². The number of ether oxygens (including phenoxy) is 3. The summed E-state index contributed by atoms with van der Waals surface area (Å²) in [6.07, 6.45) is -0.450. The minimum atomic E-state index is -0.450.